The van der Waals surface area contributed by atoms with E-state index in [1.807, 2.05) is 32.9 Å². The lowest BCUT2D eigenvalue weighted by molar-refractivity contribution is -0.125. The lowest BCUT2D eigenvalue weighted by Gasteiger charge is -2.14. The summed E-state index contributed by atoms with van der Waals surface area (Å²) in [7, 11) is 0. The molecule has 0 aromatic heterocycles. The summed E-state index contributed by atoms with van der Waals surface area (Å²) in [5.41, 5.74) is -0.182. The molecule has 0 N–H and O–H groups in total. The minimum atomic E-state index is -0.182. The van der Waals surface area contributed by atoms with Crippen LogP contribution >= 0.6 is 0 Å². The summed E-state index contributed by atoms with van der Waals surface area (Å²) in [6.07, 6.45) is 5.58. The Hall–Kier alpha value is -0.590. The molecule has 0 aliphatic heterocycles. The van der Waals surface area contributed by atoms with Gasteiger partial charge in [-0.05, 0) is 6.42 Å². The van der Waals surface area contributed by atoms with Crippen LogP contribution in [0.1, 0.15) is 55.4 Å². The van der Waals surface area contributed by atoms with E-state index in [4.69, 9.17) is 0 Å². The lowest BCUT2D eigenvalue weighted by atomic mass is 9.89. The van der Waals surface area contributed by atoms with Crippen LogP contribution in [0, 0.1) is 5.41 Å². The van der Waals surface area contributed by atoms with Crippen molar-refractivity contribution in [3.8, 4) is 0 Å². The van der Waals surface area contributed by atoms with E-state index in [9.17, 15) is 4.79 Å². The monoisotopic (exact) mass is 186 g/mol. The third-order valence-electron chi connectivity index (χ3n) is 1.54. The second-order valence-corrected chi connectivity index (χ2v) is 3.76. The number of Topliss-reactive ketones (excluding diaryl/α,β-unsaturated/α-hetero) is 1. The Labute approximate surface area is 84.2 Å². The van der Waals surface area contributed by atoms with Gasteiger partial charge in [-0.1, -0.05) is 54.7 Å². The molecule has 0 aliphatic rings. The van der Waals surface area contributed by atoms with Gasteiger partial charge in [0.05, 0.1) is 0 Å². The zero-order valence-corrected chi connectivity index (χ0v) is 7.98. The zero-order valence-electron chi connectivity index (χ0n) is 7.98. The van der Waals surface area contributed by atoms with Crippen molar-refractivity contribution in [3.05, 3.63) is 12.2 Å². The molecule has 1 heteroatoms. The number of hydrogen-bond acceptors (Lipinski definition) is 1. The van der Waals surface area contributed by atoms with Gasteiger partial charge >= 0.3 is 0 Å². The van der Waals surface area contributed by atoms with Crippen molar-refractivity contribution in [2.75, 3.05) is 0 Å². The van der Waals surface area contributed by atoms with Gasteiger partial charge < -0.3 is 0 Å². The van der Waals surface area contributed by atoms with Crippen LogP contribution in [0.5, 0.6) is 0 Å². The Kier molecular flexibility index (Phi) is 11.3. The summed E-state index contributed by atoms with van der Waals surface area (Å²) in [6, 6.07) is 0. The predicted octanol–water partition coefficient (Wildman–Crippen LogP) is 4.23. The molecular weight excluding hydrogens is 160 g/mol. The topological polar surface area (TPSA) is 17.1 Å². The zero-order chi connectivity index (χ0) is 8.91. The highest BCUT2D eigenvalue weighted by molar-refractivity contribution is 5.84. The smallest absolute Gasteiger partial charge is 0.141 e. The maximum Gasteiger partial charge on any atom is 0.141 e. The van der Waals surface area contributed by atoms with Crippen molar-refractivity contribution in [1.82, 2.24) is 0 Å². The van der Waals surface area contributed by atoms with Crippen molar-refractivity contribution >= 4 is 5.78 Å². The maximum atomic E-state index is 11.3. The standard InChI is InChI=1S/C10H18O.2CH4/c1-5-6-7-8-9(11)10(2,3)4;;/h6-7H,5,8H2,1-4H3;2*1H4/b7-6-;;. The molecule has 0 aliphatic carbocycles. The highest BCUT2D eigenvalue weighted by atomic mass is 16.1. The molecule has 0 amide bonds. The third-order valence-corrected chi connectivity index (χ3v) is 1.54. The molecule has 0 aromatic carbocycles. The summed E-state index contributed by atoms with van der Waals surface area (Å²) in [5, 5.41) is 0. The fourth-order valence-electron chi connectivity index (χ4n) is 0.663. The van der Waals surface area contributed by atoms with E-state index in [2.05, 4.69) is 6.92 Å². The van der Waals surface area contributed by atoms with E-state index >= 15 is 0 Å². The molecule has 0 spiro atoms. The Bertz CT molecular complexity index is 149. The molecule has 80 valence electrons. The fraction of sp³-hybridized carbons (Fsp3) is 0.750. The summed E-state index contributed by atoms with van der Waals surface area (Å²) in [5.74, 6) is 0.308. The summed E-state index contributed by atoms with van der Waals surface area (Å²) < 4.78 is 0. The fourth-order valence-corrected chi connectivity index (χ4v) is 0.663. The van der Waals surface area contributed by atoms with Crippen LogP contribution < -0.4 is 0 Å². The number of carbonyl (C=O) groups is 1. The number of ketones is 1. The van der Waals surface area contributed by atoms with Gasteiger partial charge in [0, 0.05) is 11.8 Å². The second kappa shape index (κ2) is 8.03. The Morgan fingerprint density at radius 1 is 1.15 bits per heavy atom. The summed E-state index contributed by atoms with van der Waals surface area (Å²) >= 11 is 0. The van der Waals surface area contributed by atoms with Crippen molar-refractivity contribution in [1.29, 1.82) is 0 Å². The Morgan fingerprint density at radius 2 is 1.62 bits per heavy atom. The molecule has 0 atom stereocenters. The molecule has 0 heterocycles. The van der Waals surface area contributed by atoms with Gasteiger partial charge in [0.2, 0.25) is 0 Å². The van der Waals surface area contributed by atoms with Crippen LogP contribution in [-0.4, -0.2) is 5.78 Å². The summed E-state index contributed by atoms with van der Waals surface area (Å²) in [6.45, 7) is 7.93. The highest BCUT2D eigenvalue weighted by Crippen LogP contribution is 2.16. The Balaban J connectivity index is -0.000000500. The van der Waals surface area contributed by atoms with Crippen molar-refractivity contribution in [3.63, 3.8) is 0 Å². The van der Waals surface area contributed by atoms with E-state index in [0.29, 0.717) is 12.2 Å². The van der Waals surface area contributed by atoms with Gasteiger partial charge in [0.15, 0.2) is 0 Å². The number of hydrogen-bond donors (Lipinski definition) is 0. The average Bonchev–Trinajstić information content (AvgIpc) is 1.86. The second-order valence-electron chi connectivity index (χ2n) is 3.76. The number of allylic oxidation sites excluding steroid dienone is 2. The highest BCUT2D eigenvalue weighted by Gasteiger charge is 2.18. The van der Waals surface area contributed by atoms with Gasteiger partial charge in [-0.3, -0.25) is 4.79 Å². The van der Waals surface area contributed by atoms with Crippen molar-refractivity contribution < 1.29 is 4.79 Å². The number of rotatable bonds is 3. The first-order chi connectivity index (χ1) is 4.98. The van der Waals surface area contributed by atoms with E-state index in [1.54, 1.807) is 0 Å². The van der Waals surface area contributed by atoms with E-state index in [0.717, 1.165) is 6.42 Å². The molecule has 13 heavy (non-hydrogen) atoms. The molecule has 1 nitrogen and oxygen atoms in total. The van der Waals surface area contributed by atoms with Crippen LogP contribution in [0.15, 0.2) is 12.2 Å². The molecule has 0 rings (SSSR count). The minimum Gasteiger partial charge on any atom is -0.299 e. The normalized spacial score (nSPS) is 10.5. The molecule has 0 radical (unpaired) electrons. The molecule has 0 fully saturated rings. The molecule has 0 saturated heterocycles. The minimum absolute atomic E-state index is 0. The van der Waals surface area contributed by atoms with Crippen molar-refractivity contribution in [2.45, 2.75) is 55.4 Å². The van der Waals surface area contributed by atoms with E-state index in [1.165, 1.54) is 0 Å². The van der Waals surface area contributed by atoms with Crippen LogP contribution in [0.25, 0.3) is 0 Å². The quantitative estimate of drug-likeness (QED) is 0.603. The van der Waals surface area contributed by atoms with Gasteiger partial charge in [-0.2, -0.15) is 0 Å². The maximum absolute atomic E-state index is 11.3. The van der Waals surface area contributed by atoms with Crippen LogP contribution in [0.4, 0.5) is 0 Å². The van der Waals surface area contributed by atoms with Crippen molar-refractivity contribution in [2.24, 2.45) is 5.41 Å². The predicted molar refractivity (Wildman–Crippen MR) is 62.0 cm³/mol. The largest absolute Gasteiger partial charge is 0.299 e. The van der Waals surface area contributed by atoms with E-state index < -0.39 is 0 Å². The van der Waals surface area contributed by atoms with Gasteiger partial charge in [0.25, 0.3) is 0 Å². The molecular formula is C12H26O. The van der Waals surface area contributed by atoms with Crippen LogP contribution in [0.2, 0.25) is 0 Å². The SMILES string of the molecule is C.C.CC/C=C\CC(=O)C(C)(C)C. The van der Waals surface area contributed by atoms with Crippen LogP contribution in [-0.2, 0) is 4.79 Å². The molecule has 0 saturated carbocycles. The van der Waals surface area contributed by atoms with Gasteiger partial charge in [-0.25, -0.2) is 0 Å². The summed E-state index contributed by atoms with van der Waals surface area (Å²) in [4.78, 5) is 11.3. The van der Waals surface area contributed by atoms with E-state index in [-0.39, 0.29) is 20.3 Å². The first kappa shape index (κ1) is 18.2. The third kappa shape index (κ3) is 9.32. The first-order valence-corrected chi connectivity index (χ1v) is 4.16. The average molecular weight is 186 g/mol. The van der Waals surface area contributed by atoms with Gasteiger partial charge in [-0.15, -0.1) is 0 Å². The Morgan fingerprint density at radius 3 is 1.92 bits per heavy atom. The van der Waals surface area contributed by atoms with Gasteiger partial charge in [0.1, 0.15) is 5.78 Å². The molecule has 0 aromatic rings. The lowest BCUT2D eigenvalue weighted by Crippen LogP contribution is -2.18. The number of carbonyl (C=O) groups excluding carboxylic acids is 1. The first-order valence-electron chi connectivity index (χ1n) is 4.16. The van der Waals surface area contributed by atoms with Crippen LogP contribution in [0.3, 0.4) is 0 Å². The molecule has 0 bridgehead atoms. The molecule has 0 unspecified atom stereocenters.